The Balaban J connectivity index is 1.82. The average molecular weight is 356 g/mol. The molecule has 0 saturated heterocycles. The number of aryl methyl sites for hydroxylation is 2. The Bertz CT molecular complexity index is 659. The summed E-state index contributed by atoms with van der Waals surface area (Å²) in [6.45, 7) is 11.7. The van der Waals surface area contributed by atoms with E-state index in [1.54, 1.807) is 6.33 Å². The van der Waals surface area contributed by atoms with E-state index in [0.29, 0.717) is 11.9 Å². The van der Waals surface area contributed by atoms with Crippen molar-refractivity contribution in [3.63, 3.8) is 0 Å². The molecule has 26 heavy (non-hydrogen) atoms. The van der Waals surface area contributed by atoms with Gasteiger partial charge in [-0.1, -0.05) is 39.7 Å². The van der Waals surface area contributed by atoms with Crippen molar-refractivity contribution in [1.82, 2.24) is 19.9 Å². The Kier molecular flexibility index (Phi) is 8.32. The number of anilines is 1. The zero-order chi connectivity index (χ0) is 18.8. The number of H-pyrrole nitrogens is 1. The molecule has 0 saturated carbocycles. The van der Waals surface area contributed by atoms with Crippen molar-refractivity contribution < 1.29 is 0 Å². The molecule has 0 aliphatic carbocycles. The van der Waals surface area contributed by atoms with E-state index in [-0.39, 0.29) is 0 Å². The van der Waals surface area contributed by atoms with E-state index >= 15 is 0 Å². The minimum atomic E-state index is 0.704. The highest BCUT2D eigenvalue weighted by atomic mass is 15.1. The highest BCUT2D eigenvalue weighted by molar-refractivity contribution is 5.62. The maximum Gasteiger partial charge on any atom is 0.222 e. The topological polar surface area (TPSA) is 66.5 Å². The standard InChI is InChI=1S/C21H33N5/c1-5-7-9-18(8-6-2)12-22-21-23-13-19(14-24-21)16(3)10-11-20-17(4)25-15-26-20/h13-15,18H,3,5-12H2,1-2,4H3,(H,25,26)(H,22,23,24). The first-order valence-corrected chi connectivity index (χ1v) is 9.86. The number of allylic oxidation sites excluding steroid dienone is 1. The zero-order valence-electron chi connectivity index (χ0n) is 16.5. The minimum Gasteiger partial charge on any atom is -0.354 e. The monoisotopic (exact) mass is 355 g/mol. The quantitative estimate of drug-likeness (QED) is 0.551. The van der Waals surface area contributed by atoms with Crippen LogP contribution in [0, 0.1) is 12.8 Å². The van der Waals surface area contributed by atoms with Crippen molar-refractivity contribution >= 4 is 11.5 Å². The molecule has 0 radical (unpaired) electrons. The smallest absolute Gasteiger partial charge is 0.222 e. The van der Waals surface area contributed by atoms with Gasteiger partial charge in [0.25, 0.3) is 0 Å². The number of rotatable bonds is 12. The molecule has 0 amide bonds. The molecule has 2 N–H and O–H groups in total. The number of imidazole rings is 1. The molecule has 2 rings (SSSR count). The van der Waals surface area contributed by atoms with Crippen molar-refractivity contribution in [1.29, 1.82) is 0 Å². The van der Waals surface area contributed by atoms with Crippen LogP contribution in [0.4, 0.5) is 5.95 Å². The highest BCUT2D eigenvalue weighted by Crippen LogP contribution is 2.19. The van der Waals surface area contributed by atoms with E-state index in [4.69, 9.17) is 0 Å². The Morgan fingerprint density at radius 2 is 1.92 bits per heavy atom. The lowest BCUT2D eigenvalue weighted by molar-refractivity contribution is 0.448. The lowest BCUT2D eigenvalue weighted by Crippen LogP contribution is -2.16. The Hall–Kier alpha value is -2.17. The van der Waals surface area contributed by atoms with E-state index in [0.717, 1.165) is 36.2 Å². The summed E-state index contributed by atoms with van der Waals surface area (Å²) in [6, 6.07) is 0. The van der Waals surface area contributed by atoms with Crippen LogP contribution in [-0.2, 0) is 6.42 Å². The van der Waals surface area contributed by atoms with Gasteiger partial charge in [0.05, 0.1) is 12.0 Å². The molecule has 2 heterocycles. The second-order valence-corrected chi connectivity index (χ2v) is 7.04. The van der Waals surface area contributed by atoms with Gasteiger partial charge >= 0.3 is 0 Å². The first-order chi connectivity index (χ1) is 12.6. The number of nitrogens with zero attached hydrogens (tertiary/aromatic N) is 3. The summed E-state index contributed by atoms with van der Waals surface area (Å²) < 4.78 is 0. The summed E-state index contributed by atoms with van der Waals surface area (Å²) in [5, 5.41) is 3.40. The van der Waals surface area contributed by atoms with Crippen LogP contribution in [0.3, 0.4) is 0 Å². The summed E-state index contributed by atoms with van der Waals surface area (Å²) in [4.78, 5) is 16.3. The number of aromatic nitrogens is 4. The van der Waals surface area contributed by atoms with Crippen LogP contribution in [-0.4, -0.2) is 26.5 Å². The van der Waals surface area contributed by atoms with E-state index in [1.807, 2.05) is 19.3 Å². The number of hydrogen-bond acceptors (Lipinski definition) is 4. The molecule has 0 aliphatic heterocycles. The van der Waals surface area contributed by atoms with Gasteiger partial charge in [-0.05, 0) is 44.1 Å². The van der Waals surface area contributed by atoms with Crippen LogP contribution in [0.1, 0.15) is 69.3 Å². The molecular formula is C21H33N5. The number of aromatic amines is 1. The van der Waals surface area contributed by atoms with Gasteiger partial charge in [-0.3, -0.25) is 0 Å². The lowest BCUT2D eigenvalue weighted by Gasteiger charge is -2.16. The van der Waals surface area contributed by atoms with Crippen LogP contribution in [0.2, 0.25) is 0 Å². The van der Waals surface area contributed by atoms with Crippen LogP contribution in [0.25, 0.3) is 5.57 Å². The van der Waals surface area contributed by atoms with Crippen molar-refractivity contribution in [3.05, 3.63) is 42.3 Å². The Labute approximate surface area is 157 Å². The molecule has 2 aromatic rings. The third-order valence-electron chi connectivity index (χ3n) is 4.88. The zero-order valence-corrected chi connectivity index (χ0v) is 16.5. The maximum absolute atomic E-state index is 4.47. The molecule has 1 atom stereocenters. The number of nitrogens with one attached hydrogen (secondary N) is 2. The van der Waals surface area contributed by atoms with Gasteiger partial charge in [0.1, 0.15) is 0 Å². The molecule has 142 valence electrons. The molecule has 2 aromatic heterocycles. The largest absolute Gasteiger partial charge is 0.354 e. The third kappa shape index (κ3) is 6.28. The molecule has 0 aliphatic rings. The predicted molar refractivity (Wildman–Crippen MR) is 109 cm³/mol. The summed E-state index contributed by atoms with van der Waals surface area (Å²) in [7, 11) is 0. The number of hydrogen-bond donors (Lipinski definition) is 2. The fourth-order valence-corrected chi connectivity index (χ4v) is 3.15. The normalized spacial score (nSPS) is 12.1. The second kappa shape index (κ2) is 10.7. The Morgan fingerprint density at radius 3 is 2.54 bits per heavy atom. The summed E-state index contributed by atoms with van der Waals surface area (Å²) in [5.74, 6) is 1.42. The van der Waals surface area contributed by atoms with Crippen molar-refractivity contribution in [2.24, 2.45) is 5.92 Å². The van der Waals surface area contributed by atoms with Crippen LogP contribution < -0.4 is 5.32 Å². The van der Waals surface area contributed by atoms with Crippen LogP contribution >= 0.6 is 0 Å². The van der Waals surface area contributed by atoms with E-state index < -0.39 is 0 Å². The van der Waals surface area contributed by atoms with Crippen LogP contribution in [0.5, 0.6) is 0 Å². The second-order valence-electron chi connectivity index (χ2n) is 7.04. The average Bonchev–Trinajstić information content (AvgIpc) is 3.07. The molecule has 5 heteroatoms. The molecule has 0 aromatic carbocycles. The van der Waals surface area contributed by atoms with Crippen LogP contribution in [0.15, 0.2) is 25.3 Å². The third-order valence-corrected chi connectivity index (χ3v) is 4.88. The molecule has 0 spiro atoms. The molecular weight excluding hydrogens is 322 g/mol. The van der Waals surface area contributed by atoms with Gasteiger partial charge in [0, 0.05) is 30.2 Å². The van der Waals surface area contributed by atoms with Crippen molar-refractivity contribution in [3.8, 4) is 0 Å². The Morgan fingerprint density at radius 1 is 1.15 bits per heavy atom. The summed E-state index contributed by atoms with van der Waals surface area (Å²) in [5.41, 5.74) is 4.28. The van der Waals surface area contributed by atoms with Crippen molar-refractivity contribution in [2.75, 3.05) is 11.9 Å². The van der Waals surface area contributed by atoms with Gasteiger partial charge in [0.2, 0.25) is 5.95 Å². The fourth-order valence-electron chi connectivity index (χ4n) is 3.15. The first kappa shape index (κ1) is 20.1. The van der Waals surface area contributed by atoms with E-state index in [9.17, 15) is 0 Å². The fraction of sp³-hybridized carbons (Fsp3) is 0.571. The summed E-state index contributed by atoms with van der Waals surface area (Å²) in [6.07, 6.45) is 13.6. The van der Waals surface area contributed by atoms with Gasteiger partial charge in [0.15, 0.2) is 0 Å². The van der Waals surface area contributed by atoms with E-state index in [1.165, 1.54) is 37.8 Å². The van der Waals surface area contributed by atoms with Gasteiger partial charge in [-0.15, -0.1) is 0 Å². The highest BCUT2D eigenvalue weighted by Gasteiger charge is 2.09. The van der Waals surface area contributed by atoms with Gasteiger partial charge < -0.3 is 10.3 Å². The predicted octanol–water partition coefficient (Wildman–Crippen LogP) is 5.17. The van der Waals surface area contributed by atoms with E-state index in [2.05, 4.69) is 45.7 Å². The molecule has 0 fully saturated rings. The minimum absolute atomic E-state index is 0.704. The maximum atomic E-state index is 4.47. The van der Waals surface area contributed by atoms with Gasteiger partial charge in [-0.2, -0.15) is 0 Å². The first-order valence-electron chi connectivity index (χ1n) is 9.86. The lowest BCUT2D eigenvalue weighted by atomic mass is 9.97. The molecule has 1 unspecified atom stereocenters. The number of unbranched alkanes of at least 4 members (excludes halogenated alkanes) is 1. The summed E-state index contributed by atoms with van der Waals surface area (Å²) >= 11 is 0. The van der Waals surface area contributed by atoms with Crippen molar-refractivity contribution in [2.45, 2.75) is 65.7 Å². The molecule has 0 bridgehead atoms. The SMILES string of the molecule is C=C(CCc1[nH]cnc1C)c1cnc(NCC(CCC)CCCC)nc1. The molecule has 5 nitrogen and oxygen atoms in total. The van der Waals surface area contributed by atoms with Gasteiger partial charge in [-0.25, -0.2) is 15.0 Å².